The molecule has 1 heterocycles. The van der Waals surface area contributed by atoms with Crippen LogP contribution >= 0.6 is 0 Å². The Balaban J connectivity index is 1.70. The molecular weight excluding hydrogens is 232 g/mol. The van der Waals surface area contributed by atoms with E-state index in [0.29, 0.717) is 12.1 Å². The third kappa shape index (κ3) is 3.01. The zero-order valence-electron chi connectivity index (χ0n) is 11.9. The van der Waals surface area contributed by atoms with Crippen LogP contribution in [0.15, 0.2) is 24.3 Å². The lowest BCUT2D eigenvalue weighted by molar-refractivity contribution is 0.170. The maximum absolute atomic E-state index is 6.42. The van der Waals surface area contributed by atoms with Crippen molar-refractivity contribution in [3.05, 3.63) is 35.4 Å². The van der Waals surface area contributed by atoms with Gasteiger partial charge in [0.2, 0.25) is 0 Å². The van der Waals surface area contributed by atoms with Crippen LogP contribution < -0.4 is 5.73 Å². The Kier molecular flexibility index (Phi) is 4.19. The van der Waals surface area contributed by atoms with Gasteiger partial charge in [0.1, 0.15) is 0 Å². The van der Waals surface area contributed by atoms with E-state index in [4.69, 9.17) is 5.73 Å². The highest BCUT2D eigenvalue weighted by atomic mass is 15.2. The summed E-state index contributed by atoms with van der Waals surface area (Å²) in [6.07, 6.45) is 8.97. The molecule has 19 heavy (non-hydrogen) atoms. The lowest BCUT2D eigenvalue weighted by Crippen LogP contribution is -2.48. The Morgan fingerprint density at radius 3 is 2.21 bits per heavy atom. The molecule has 1 aromatic rings. The molecule has 0 aromatic heterocycles. The van der Waals surface area contributed by atoms with E-state index in [1.807, 2.05) is 0 Å². The molecule has 104 valence electrons. The second kappa shape index (κ2) is 6.06. The van der Waals surface area contributed by atoms with Crippen LogP contribution in [-0.4, -0.2) is 30.1 Å². The molecule has 1 aromatic carbocycles. The number of nitrogens with two attached hydrogens (primary N) is 1. The fourth-order valence-corrected chi connectivity index (χ4v) is 3.79. The minimum atomic E-state index is 0.392. The summed E-state index contributed by atoms with van der Waals surface area (Å²) in [7, 11) is 0. The molecular formula is C17H26N2. The number of nitrogens with zero attached hydrogens (tertiary/aromatic N) is 1. The Hall–Kier alpha value is -0.860. The summed E-state index contributed by atoms with van der Waals surface area (Å²) in [5.41, 5.74) is 9.52. The maximum Gasteiger partial charge on any atom is 0.0247 e. The quantitative estimate of drug-likeness (QED) is 0.785. The zero-order valence-corrected chi connectivity index (χ0v) is 11.9. The average molecular weight is 258 g/mol. The summed E-state index contributed by atoms with van der Waals surface area (Å²) in [5, 5.41) is 0. The van der Waals surface area contributed by atoms with Crippen LogP contribution in [0.4, 0.5) is 0 Å². The van der Waals surface area contributed by atoms with Crippen molar-refractivity contribution in [1.29, 1.82) is 0 Å². The molecule has 0 amide bonds. The van der Waals surface area contributed by atoms with Crippen LogP contribution in [0.2, 0.25) is 0 Å². The summed E-state index contributed by atoms with van der Waals surface area (Å²) in [5.74, 6) is 0. The first-order valence-electron chi connectivity index (χ1n) is 7.91. The van der Waals surface area contributed by atoms with E-state index < -0.39 is 0 Å². The minimum absolute atomic E-state index is 0.392. The predicted octanol–water partition coefficient (Wildman–Crippen LogP) is 2.75. The number of hydrogen-bond acceptors (Lipinski definition) is 2. The molecule has 2 N–H and O–H groups in total. The zero-order chi connectivity index (χ0) is 13.1. The fourth-order valence-electron chi connectivity index (χ4n) is 3.79. The Labute approximate surface area is 117 Å². The SMILES string of the molecule is NC1CCCCCC1N1CCc2ccccc2CC1. The van der Waals surface area contributed by atoms with E-state index in [0.717, 1.165) is 0 Å². The predicted molar refractivity (Wildman–Crippen MR) is 80.3 cm³/mol. The van der Waals surface area contributed by atoms with Gasteiger partial charge in [-0.25, -0.2) is 0 Å². The molecule has 3 rings (SSSR count). The lowest BCUT2D eigenvalue weighted by Gasteiger charge is -2.33. The van der Waals surface area contributed by atoms with E-state index in [2.05, 4.69) is 29.2 Å². The molecule has 1 saturated carbocycles. The van der Waals surface area contributed by atoms with Crippen molar-refractivity contribution in [2.24, 2.45) is 5.73 Å². The molecule has 0 radical (unpaired) electrons. The van der Waals surface area contributed by atoms with Gasteiger partial charge in [-0.3, -0.25) is 4.90 Å². The fraction of sp³-hybridized carbons (Fsp3) is 0.647. The molecule has 2 atom stereocenters. The van der Waals surface area contributed by atoms with E-state index in [-0.39, 0.29) is 0 Å². The van der Waals surface area contributed by atoms with Gasteiger partial charge in [-0.05, 0) is 36.8 Å². The smallest absolute Gasteiger partial charge is 0.0247 e. The largest absolute Gasteiger partial charge is 0.326 e. The van der Waals surface area contributed by atoms with E-state index in [1.54, 1.807) is 11.1 Å². The van der Waals surface area contributed by atoms with Crippen molar-refractivity contribution >= 4 is 0 Å². The Morgan fingerprint density at radius 2 is 1.53 bits per heavy atom. The van der Waals surface area contributed by atoms with Gasteiger partial charge in [0.25, 0.3) is 0 Å². The van der Waals surface area contributed by atoms with Gasteiger partial charge in [-0.15, -0.1) is 0 Å². The molecule has 2 aliphatic rings. The summed E-state index contributed by atoms with van der Waals surface area (Å²) < 4.78 is 0. The first kappa shape index (κ1) is 13.1. The monoisotopic (exact) mass is 258 g/mol. The Morgan fingerprint density at radius 1 is 0.895 bits per heavy atom. The van der Waals surface area contributed by atoms with Crippen LogP contribution in [-0.2, 0) is 12.8 Å². The van der Waals surface area contributed by atoms with E-state index in [9.17, 15) is 0 Å². The molecule has 2 nitrogen and oxygen atoms in total. The number of fused-ring (bicyclic) bond motifs is 1. The molecule has 0 bridgehead atoms. The van der Waals surface area contributed by atoms with Gasteiger partial charge in [0, 0.05) is 25.2 Å². The highest BCUT2D eigenvalue weighted by molar-refractivity contribution is 5.28. The molecule has 2 unspecified atom stereocenters. The summed E-state index contributed by atoms with van der Waals surface area (Å²) in [6.45, 7) is 2.38. The summed E-state index contributed by atoms with van der Waals surface area (Å²) in [6, 6.07) is 9.95. The lowest BCUT2D eigenvalue weighted by atomic mass is 10.0. The number of benzene rings is 1. The van der Waals surface area contributed by atoms with Gasteiger partial charge in [-0.2, -0.15) is 0 Å². The van der Waals surface area contributed by atoms with Crippen molar-refractivity contribution in [1.82, 2.24) is 4.90 Å². The third-order valence-electron chi connectivity index (χ3n) is 4.96. The van der Waals surface area contributed by atoms with Gasteiger partial charge in [-0.1, -0.05) is 43.5 Å². The molecule has 1 aliphatic heterocycles. The molecule has 1 aliphatic carbocycles. The van der Waals surface area contributed by atoms with Gasteiger partial charge in [0.05, 0.1) is 0 Å². The first-order chi connectivity index (χ1) is 9.34. The van der Waals surface area contributed by atoms with Crippen molar-refractivity contribution < 1.29 is 0 Å². The normalized spacial score (nSPS) is 29.3. The number of rotatable bonds is 1. The molecule has 2 heteroatoms. The van der Waals surface area contributed by atoms with E-state index >= 15 is 0 Å². The molecule has 0 saturated heterocycles. The van der Waals surface area contributed by atoms with Crippen LogP contribution in [0.1, 0.15) is 43.2 Å². The van der Waals surface area contributed by atoms with Crippen LogP contribution in [0.5, 0.6) is 0 Å². The first-order valence-corrected chi connectivity index (χ1v) is 7.91. The summed E-state index contributed by atoms with van der Waals surface area (Å²) >= 11 is 0. The van der Waals surface area contributed by atoms with Crippen LogP contribution in [0.3, 0.4) is 0 Å². The Bertz CT molecular complexity index is 388. The average Bonchev–Trinajstić information content (AvgIpc) is 2.77. The highest BCUT2D eigenvalue weighted by Crippen LogP contribution is 2.24. The second-order valence-corrected chi connectivity index (χ2v) is 6.17. The topological polar surface area (TPSA) is 29.3 Å². The molecule has 1 fully saturated rings. The van der Waals surface area contributed by atoms with Gasteiger partial charge < -0.3 is 5.73 Å². The van der Waals surface area contributed by atoms with E-state index in [1.165, 1.54) is 58.0 Å². The highest BCUT2D eigenvalue weighted by Gasteiger charge is 2.27. The second-order valence-electron chi connectivity index (χ2n) is 6.17. The van der Waals surface area contributed by atoms with Crippen molar-refractivity contribution in [3.63, 3.8) is 0 Å². The van der Waals surface area contributed by atoms with Crippen LogP contribution in [0, 0.1) is 0 Å². The third-order valence-corrected chi connectivity index (χ3v) is 4.96. The van der Waals surface area contributed by atoms with Crippen molar-refractivity contribution in [3.8, 4) is 0 Å². The molecule has 0 spiro atoms. The van der Waals surface area contributed by atoms with Gasteiger partial charge in [0.15, 0.2) is 0 Å². The van der Waals surface area contributed by atoms with Gasteiger partial charge >= 0.3 is 0 Å². The summed E-state index contributed by atoms with van der Waals surface area (Å²) in [4.78, 5) is 2.68. The number of hydrogen-bond donors (Lipinski definition) is 1. The van der Waals surface area contributed by atoms with Crippen LogP contribution in [0.25, 0.3) is 0 Å². The van der Waals surface area contributed by atoms with Crippen molar-refractivity contribution in [2.45, 2.75) is 57.0 Å². The minimum Gasteiger partial charge on any atom is -0.326 e. The standard InChI is InChI=1S/C17H26N2/c18-16-8-2-1-3-9-17(16)19-12-10-14-6-4-5-7-15(14)11-13-19/h4-7,16-17H,1-3,8-13,18H2. The maximum atomic E-state index is 6.42. The van der Waals surface area contributed by atoms with Crippen molar-refractivity contribution in [2.75, 3.05) is 13.1 Å².